The number of carboxylic acid groups (broad SMARTS) is 2. The Balaban J connectivity index is 1.98. The third-order valence-electron chi connectivity index (χ3n) is 5.09. The van der Waals surface area contributed by atoms with Crippen LogP contribution in [-0.4, -0.2) is 44.9 Å². The number of imide groups is 1. The Morgan fingerprint density at radius 3 is 2.04 bits per heavy atom. The zero-order valence-electron chi connectivity index (χ0n) is 16.1. The van der Waals surface area contributed by atoms with Gasteiger partial charge in [-0.05, 0) is 24.6 Å². The van der Waals surface area contributed by atoms with Crippen molar-refractivity contribution < 1.29 is 29.4 Å². The normalized spacial score (nSPS) is 14.2. The van der Waals surface area contributed by atoms with E-state index in [2.05, 4.69) is 6.92 Å². The predicted octanol–water partition coefficient (Wildman–Crippen LogP) is 3.96. The summed E-state index contributed by atoms with van der Waals surface area (Å²) in [4.78, 5) is 48.7. The minimum absolute atomic E-state index is 0.0490. The van der Waals surface area contributed by atoms with Crippen molar-refractivity contribution in [2.75, 3.05) is 0 Å². The molecule has 2 rings (SSSR count). The number of carbonyl (C=O) groups is 4. The topological polar surface area (TPSA) is 112 Å². The zero-order chi connectivity index (χ0) is 20.7. The van der Waals surface area contributed by atoms with Crippen LogP contribution in [0.2, 0.25) is 0 Å². The highest BCUT2D eigenvalue weighted by Crippen LogP contribution is 2.28. The van der Waals surface area contributed by atoms with Gasteiger partial charge in [-0.1, -0.05) is 58.3 Å². The van der Waals surface area contributed by atoms with Crippen LogP contribution in [-0.2, 0) is 4.79 Å². The van der Waals surface area contributed by atoms with Crippen LogP contribution < -0.4 is 0 Å². The molecule has 1 heterocycles. The van der Waals surface area contributed by atoms with E-state index in [9.17, 15) is 24.3 Å². The number of fused-ring (bicyclic) bond motifs is 1. The number of benzene rings is 1. The van der Waals surface area contributed by atoms with E-state index in [1.807, 2.05) is 0 Å². The lowest BCUT2D eigenvalue weighted by Gasteiger charge is -2.22. The molecule has 152 valence electrons. The number of amides is 2. The number of hydrogen-bond acceptors (Lipinski definition) is 4. The molecule has 28 heavy (non-hydrogen) atoms. The quantitative estimate of drug-likeness (QED) is 0.413. The molecule has 1 unspecified atom stereocenters. The highest BCUT2D eigenvalue weighted by molar-refractivity contribution is 6.23. The zero-order valence-corrected chi connectivity index (χ0v) is 16.1. The SMILES string of the molecule is CCCCCCCCCCC(C(=O)O)N1C(=O)c2ccc(C(=O)O)cc2C1=O. The first-order valence-corrected chi connectivity index (χ1v) is 9.86. The molecular formula is C21H27NO6. The molecule has 1 aliphatic heterocycles. The molecule has 2 amide bonds. The van der Waals surface area contributed by atoms with Crippen LogP contribution in [0.4, 0.5) is 0 Å². The van der Waals surface area contributed by atoms with Gasteiger partial charge in [0.1, 0.15) is 6.04 Å². The molecule has 7 heteroatoms. The van der Waals surface area contributed by atoms with Gasteiger partial charge in [-0.3, -0.25) is 14.5 Å². The Bertz CT molecular complexity index is 757. The summed E-state index contributed by atoms with van der Waals surface area (Å²) in [5.74, 6) is -3.86. The van der Waals surface area contributed by atoms with Crippen molar-refractivity contribution in [1.82, 2.24) is 4.90 Å². The third-order valence-corrected chi connectivity index (χ3v) is 5.09. The first kappa shape index (κ1) is 21.6. The maximum absolute atomic E-state index is 12.6. The van der Waals surface area contributed by atoms with E-state index >= 15 is 0 Å². The Morgan fingerprint density at radius 2 is 1.46 bits per heavy atom. The van der Waals surface area contributed by atoms with E-state index in [4.69, 9.17) is 5.11 Å². The number of hydrogen-bond donors (Lipinski definition) is 2. The van der Waals surface area contributed by atoms with Crippen molar-refractivity contribution >= 4 is 23.8 Å². The van der Waals surface area contributed by atoms with Crippen molar-refractivity contribution in [3.63, 3.8) is 0 Å². The standard InChI is InChI=1S/C21H27NO6/c1-2-3-4-5-6-7-8-9-10-17(21(27)28)22-18(23)15-12-11-14(20(25)26)13-16(15)19(22)24/h11-13,17H,2-10H2,1H3,(H,25,26)(H,27,28). The number of nitrogens with zero attached hydrogens (tertiary/aromatic N) is 1. The molecule has 1 aliphatic rings. The van der Waals surface area contributed by atoms with Crippen LogP contribution in [0.25, 0.3) is 0 Å². The Kier molecular flexibility index (Phi) is 7.72. The highest BCUT2D eigenvalue weighted by atomic mass is 16.4. The van der Waals surface area contributed by atoms with E-state index in [1.165, 1.54) is 37.8 Å². The second kappa shape index (κ2) is 10.0. The fraction of sp³-hybridized carbons (Fsp3) is 0.524. The number of carboxylic acids is 2. The predicted molar refractivity (Wildman–Crippen MR) is 103 cm³/mol. The lowest BCUT2D eigenvalue weighted by atomic mass is 10.0. The van der Waals surface area contributed by atoms with Gasteiger partial charge in [0.25, 0.3) is 11.8 Å². The molecule has 0 fully saturated rings. The molecule has 2 N–H and O–H groups in total. The molecule has 0 saturated carbocycles. The number of aliphatic carboxylic acids is 1. The van der Waals surface area contributed by atoms with Gasteiger partial charge in [0.2, 0.25) is 0 Å². The average Bonchev–Trinajstić information content (AvgIpc) is 2.91. The summed E-state index contributed by atoms with van der Waals surface area (Å²) in [6.07, 6.45) is 8.55. The second-order valence-electron chi connectivity index (χ2n) is 7.16. The summed E-state index contributed by atoms with van der Waals surface area (Å²) < 4.78 is 0. The molecule has 1 aromatic carbocycles. The van der Waals surface area contributed by atoms with E-state index in [-0.39, 0.29) is 23.1 Å². The van der Waals surface area contributed by atoms with Gasteiger partial charge in [0.15, 0.2) is 0 Å². The van der Waals surface area contributed by atoms with Gasteiger partial charge >= 0.3 is 11.9 Å². The molecule has 0 aliphatic carbocycles. The van der Waals surface area contributed by atoms with E-state index < -0.39 is 29.8 Å². The van der Waals surface area contributed by atoms with Crippen LogP contribution in [0.3, 0.4) is 0 Å². The molecular weight excluding hydrogens is 362 g/mol. The Morgan fingerprint density at radius 1 is 0.893 bits per heavy atom. The lowest BCUT2D eigenvalue weighted by Crippen LogP contribution is -2.44. The van der Waals surface area contributed by atoms with Gasteiger partial charge in [-0.15, -0.1) is 0 Å². The van der Waals surface area contributed by atoms with Crippen LogP contribution in [0.15, 0.2) is 18.2 Å². The highest BCUT2D eigenvalue weighted by Gasteiger charge is 2.42. The number of rotatable bonds is 12. The smallest absolute Gasteiger partial charge is 0.335 e. The van der Waals surface area contributed by atoms with Crippen molar-refractivity contribution in [2.24, 2.45) is 0 Å². The monoisotopic (exact) mass is 389 g/mol. The Labute approximate surface area is 164 Å². The number of unbranched alkanes of at least 4 members (excludes halogenated alkanes) is 7. The third kappa shape index (κ3) is 4.97. The van der Waals surface area contributed by atoms with Crippen LogP contribution >= 0.6 is 0 Å². The first-order chi connectivity index (χ1) is 13.4. The van der Waals surface area contributed by atoms with Crippen molar-refractivity contribution in [3.8, 4) is 0 Å². The molecule has 7 nitrogen and oxygen atoms in total. The summed E-state index contributed by atoms with van der Waals surface area (Å²) in [5, 5.41) is 18.6. The van der Waals surface area contributed by atoms with Gasteiger partial charge in [0.05, 0.1) is 16.7 Å². The van der Waals surface area contributed by atoms with Crippen molar-refractivity contribution in [3.05, 3.63) is 34.9 Å². The molecule has 0 aromatic heterocycles. The largest absolute Gasteiger partial charge is 0.480 e. The van der Waals surface area contributed by atoms with Crippen molar-refractivity contribution in [2.45, 2.75) is 70.8 Å². The maximum atomic E-state index is 12.6. The van der Waals surface area contributed by atoms with Gasteiger partial charge in [0, 0.05) is 0 Å². The number of carbonyl (C=O) groups excluding carboxylic acids is 2. The molecule has 0 radical (unpaired) electrons. The van der Waals surface area contributed by atoms with E-state index in [1.54, 1.807) is 0 Å². The molecule has 0 saturated heterocycles. The van der Waals surface area contributed by atoms with E-state index in [0.29, 0.717) is 6.42 Å². The summed E-state index contributed by atoms with van der Waals surface area (Å²) in [6, 6.07) is 2.41. The maximum Gasteiger partial charge on any atom is 0.335 e. The second-order valence-corrected chi connectivity index (χ2v) is 7.16. The van der Waals surface area contributed by atoms with Gasteiger partial charge in [-0.2, -0.15) is 0 Å². The molecule has 1 aromatic rings. The summed E-state index contributed by atoms with van der Waals surface area (Å²) in [6.45, 7) is 2.16. The molecule has 0 spiro atoms. The fourth-order valence-electron chi connectivity index (χ4n) is 3.51. The van der Waals surface area contributed by atoms with Crippen LogP contribution in [0.1, 0.15) is 95.8 Å². The van der Waals surface area contributed by atoms with Crippen LogP contribution in [0.5, 0.6) is 0 Å². The minimum Gasteiger partial charge on any atom is -0.480 e. The molecule has 0 bridgehead atoms. The van der Waals surface area contributed by atoms with Crippen molar-refractivity contribution in [1.29, 1.82) is 0 Å². The minimum atomic E-state index is -1.24. The van der Waals surface area contributed by atoms with Gasteiger partial charge < -0.3 is 10.2 Å². The fourth-order valence-corrected chi connectivity index (χ4v) is 3.51. The summed E-state index contributed by atoms with van der Waals surface area (Å²) >= 11 is 0. The lowest BCUT2D eigenvalue weighted by molar-refractivity contribution is -0.141. The molecule has 1 atom stereocenters. The summed E-state index contributed by atoms with van der Waals surface area (Å²) in [7, 11) is 0. The van der Waals surface area contributed by atoms with Crippen LogP contribution in [0, 0.1) is 0 Å². The Hall–Kier alpha value is -2.70. The average molecular weight is 389 g/mol. The first-order valence-electron chi connectivity index (χ1n) is 9.86. The summed E-state index contributed by atoms with van der Waals surface area (Å²) in [5.41, 5.74) is -0.110. The van der Waals surface area contributed by atoms with E-state index in [0.717, 1.165) is 30.2 Å². The van der Waals surface area contributed by atoms with Gasteiger partial charge in [-0.25, -0.2) is 9.59 Å². The number of aromatic carboxylic acids is 1.